The van der Waals surface area contributed by atoms with Gasteiger partial charge in [-0.1, -0.05) is 62.6 Å². The molecular weight excluding hydrogens is 462 g/mol. The van der Waals surface area contributed by atoms with E-state index in [1.807, 2.05) is 23.1 Å². The van der Waals surface area contributed by atoms with Crippen molar-refractivity contribution in [3.05, 3.63) is 65.2 Å². The van der Waals surface area contributed by atoms with Crippen LogP contribution in [-0.2, 0) is 17.6 Å². The molecule has 0 spiro atoms. The number of unbranched alkanes of at least 4 members (excludes halogenated alkanes) is 3. The van der Waals surface area contributed by atoms with Crippen molar-refractivity contribution in [1.29, 1.82) is 0 Å². The fraction of sp³-hybridized carbons (Fsp3) is 0.548. The molecule has 3 amide bonds. The minimum Gasteiger partial charge on any atom is -0.494 e. The number of benzene rings is 2. The zero-order chi connectivity index (χ0) is 25.6. The van der Waals surface area contributed by atoms with Gasteiger partial charge in [-0.15, -0.1) is 0 Å². The van der Waals surface area contributed by atoms with Crippen LogP contribution in [-0.4, -0.2) is 54.0 Å². The van der Waals surface area contributed by atoms with Gasteiger partial charge in [0.05, 0.1) is 18.6 Å². The minimum absolute atomic E-state index is 0.0327. The molecule has 0 unspecified atom stereocenters. The van der Waals surface area contributed by atoms with Crippen LogP contribution in [0.3, 0.4) is 0 Å². The molecule has 6 heteroatoms. The van der Waals surface area contributed by atoms with Crippen LogP contribution >= 0.6 is 0 Å². The Balaban J connectivity index is 1.24. The van der Waals surface area contributed by atoms with Gasteiger partial charge in [-0.05, 0) is 67.3 Å². The Morgan fingerprint density at radius 1 is 1.08 bits per heavy atom. The number of amides is 3. The molecule has 0 saturated carbocycles. The Hall–Kier alpha value is -3.02. The Labute approximate surface area is 221 Å². The van der Waals surface area contributed by atoms with Crippen LogP contribution < -0.4 is 10.1 Å². The van der Waals surface area contributed by atoms with E-state index < -0.39 is 0 Å². The average molecular weight is 504 g/mol. The van der Waals surface area contributed by atoms with Gasteiger partial charge in [0.2, 0.25) is 5.91 Å². The van der Waals surface area contributed by atoms with Crippen molar-refractivity contribution in [3.63, 3.8) is 0 Å². The van der Waals surface area contributed by atoms with Crippen molar-refractivity contribution in [1.82, 2.24) is 15.1 Å². The average Bonchev–Trinajstić information content (AvgIpc) is 2.93. The number of hydrogen-bond donors (Lipinski definition) is 1. The largest absolute Gasteiger partial charge is 0.494 e. The number of carbonyl (C=O) groups is 2. The van der Waals surface area contributed by atoms with Gasteiger partial charge in [-0.2, -0.15) is 0 Å². The Morgan fingerprint density at radius 2 is 1.95 bits per heavy atom. The summed E-state index contributed by atoms with van der Waals surface area (Å²) in [6, 6.07) is 16.6. The summed E-state index contributed by atoms with van der Waals surface area (Å²) in [5, 5.41) is 3.13. The van der Waals surface area contributed by atoms with Crippen molar-refractivity contribution < 1.29 is 14.3 Å². The van der Waals surface area contributed by atoms with Crippen molar-refractivity contribution in [3.8, 4) is 5.75 Å². The maximum atomic E-state index is 13.6. The number of piperidine rings is 2. The summed E-state index contributed by atoms with van der Waals surface area (Å²) < 4.78 is 6.04. The van der Waals surface area contributed by atoms with E-state index >= 15 is 0 Å². The first-order valence-electron chi connectivity index (χ1n) is 14.3. The summed E-state index contributed by atoms with van der Waals surface area (Å²) in [4.78, 5) is 30.9. The van der Waals surface area contributed by atoms with Crippen LogP contribution in [0.1, 0.15) is 74.6 Å². The van der Waals surface area contributed by atoms with Gasteiger partial charge in [0, 0.05) is 25.7 Å². The molecule has 37 heavy (non-hydrogen) atoms. The topological polar surface area (TPSA) is 61.9 Å². The van der Waals surface area contributed by atoms with E-state index in [9.17, 15) is 9.59 Å². The first kappa shape index (κ1) is 25.6. The summed E-state index contributed by atoms with van der Waals surface area (Å²) in [7, 11) is 0. The molecule has 2 fully saturated rings. The molecule has 2 aromatic rings. The van der Waals surface area contributed by atoms with E-state index in [4.69, 9.17) is 4.74 Å². The third kappa shape index (κ3) is 5.78. The monoisotopic (exact) mass is 503 g/mol. The van der Waals surface area contributed by atoms with Crippen LogP contribution in [0.5, 0.6) is 5.75 Å². The molecule has 1 N–H and O–H groups in total. The van der Waals surface area contributed by atoms with Crippen molar-refractivity contribution in [2.75, 3.05) is 26.2 Å². The van der Waals surface area contributed by atoms with Crippen LogP contribution in [0.2, 0.25) is 0 Å². The Morgan fingerprint density at radius 3 is 2.78 bits per heavy atom. The molecule has 2 saturated heterocycles. The van der Waals surface area contributed by atoms with Gasteiger partial charge in [0.25, 0.3) is 0 Å². The second-order valence-electron chi connectivity index (χ2n) is 10.8. The number of urea groups is 1. The number of hydrogen-bond acceptors (Lipinski definition) is 3. The molecule has 3 heterocycles. The summed E-state index contributed by atoms with van der Waals surface area (Å²) in [5.41, 5.74) is 3.73. The highest BCUT2D eigenvalue weighted by atomic mass is 16.5. The zero-order valence-corrected chi connectivity index (χ0v) is 22.2. The third-order valence-electron chi connectivity index (χ3n) is 8.38. The van der Waals surface area contributed by atoms with Gasteiger partial charge in [0.15, 0.2) is 0 Å². The maximum absolute atomic E-state index is 13.6. The summed E-state index contributed by atoms with van der Waals surface area (Å²) in [5.74, 6) is 1.07. The molecule has 3 aliphatic rings. The lowest BCUT2D eigenvalue weighted by Gasteiger charge is -2.51. The van der Waals surface area contributed by atoms with Crippen LogP contribution in [0.15, 0.2) is 48.5 Å². The molecule has 2 aromatic carbocycles. The number of ether oxygens (including phenoxy) is 1. The second kappa shape index (κ2) is 12.0. The fourth-order valence-electron chi connectivity index (χ4n) is 6.41. The van der Waals surface area contributed by atoms with Crippen molar-refractivity contribution in [2.24, 2.45) is 5.92 Å². The molecule has 5 rings (SSSR count). The number of likely N-dealkylation sites (tertiary alicyclic amines) is 1. The molecule has 3 aliphatic heterocycles. The van der Waals surface area contributed by atoms with Gasteiger partial charge >= 0.3 is 6.03 Å². The lowest BCUT2D eigenvalue weighted by atomic mass is 9.76. The van der Waals surface area contributed by atoms with E-state index in [1.165, 1.54) is 36.0 Å². The first-order chi connectivity index (χ1) is 18.2. The summed E-state index contributed by atoms with van der Waals surface area (Å²) >= 11 is 0. The fourth-order valence-corrected chi connectivity index (χ4v) is 6.41. The van der Waals surface area contributed by atoms with Gasteiger partial charge < -0.3 is 19.9 Å². The summed E-state index contributed by atoms with van der Waals surface area (Å²) in [6.45, 7) is 5.05. The maximum Gasteiger partial charge on any atom is 0.317 e. The van der Waals surface area contributed by atoms with Crippen molar-refractivity contribution >= 4 is 11.9 Å². The molecule has 0 bridgehead atoms. The standard InChI is InChI=1S/C31H41N3O3/c1-2-3-4-8-20-37-25-13-14-26-24(21-25)16-19-33-28(26)22-29-27(30(33)35)12-9-18-34(29)31(36)32-17-15-23-10-6-5-7-11-23/h5-7,10-11,13-14,21,27-29H,2-4,8-9,12,15-20,22H2,1H3,(H,32,36)/t27-,28-,29-/m1/s1. The highest BCUT2D eigenvalue weighted by molar-refractivity contribution is 5.83. The molecule has 0 radical (unpaired) electrons. The molecule has 198 valence electrons. The number of fused-ring (bicyclic) bond motifs is 4. The SMILES string of the molecule is CCCCCCOc1ccc2c(c1)CCN1C(=O)[C@@H]3CCCN(C(=O)NCCc4ccccc4)[C@@H]3C[C@H]21. The predicted octanol–water partition coefficient (Wildman–Crippen LogP) is 5.51. The predicted molar refractivity (Wildman–Crippen MR) is 146 cm³/mol. The van der Waals surface area contributed by atoms with Gasteiger partial charge in [-0.25, -0.2) is 4.79 Å². The van der Waals surface area contributed by atoms with Crippen LogP contribution in [0.25, 0.3) is 0 Å². The second-order valence-corrected chi connectivity index (χ2v) is 10.8. The van der Waals surface area contributed by atoms with Gasteiger partial charge in [0.1, 0.15) is 5.75 Å². The quantitative estimate of drug-likeness (QED) is 0.459. The smallest absolute Gasteiger partial charge is 0.317 e. The number of rotatable bonds is 9. The Kier molecular flexibility index (Phi) is 8.32. The molecular formula is C31H41N3O3. The normalized spacial score (nSPS) is 22.6. The molecule has 6 nitrogen and oxygen atoms in total. The number of nitrogens with one attached hydrogen (secondary N) is 1. The van der Waals surface area contributed by atoms with E-state index in [-0.39, 0.29) is 29.9 Å². The van der Waals surface area contributed by atoms with Crippen LogP contribution in [0.4, 0.5) is 4.79 Å². The number of nitrogens with zero attached hydrogens (tertiary/aromatic N) is 2. The third-order valence-corrected chi connectivity index (χ3v) is 8.38. The van der Waals surface area contributed by atoms with E-state index in [1.54, 1.807) is 0 Å². The lowest BCUT2D eigenvalue weighted by molar-refractivity contribution is -0.148. The van der Waals surface area contributed by atoms with E-state index in [0.29, 0.717) is 6.54 Å². The summed E-state index contributed by atoms with van der Waals surface area (Å²) in [6.07, 6.45) is 9.01. The molecule has 0 aliphatic carbocycles. The van der Waals surface area contributed by atoms with Crippen molar-refractivity contribution in [2.45, 2.75) is 76.8 Å². The lowest BCUT2D eigenvalue weighted by Crippen LogP contribution is -2.61. The molecule has 3 atom stereocenters. The highest BCUT2D eigenvalue weighted by Gasteiger charge is 2.48. The first-order valence-corrected chi connectivity index (χ1v) is 14.3. The van der Waals surface area contributed by atoms with Crippen LogP contribution in [0, 0.1) is 5.92 Å². The Bertz CT molecular complexity index is 1070. The van der Waals surface area contributed by atoms with E-state index in [0.717, 1.165) is 64.0 Å². The highest BCUT2D eigenvalue weighted by Crippen LogP contribution is 2.44. The number of carbonyl (C=O) groups excluding carboxylic acids is 2. The van der Waals surface area contributed by atoms with Gasteiger partial charge in [-0.3, -0.25) is 4.79 Å². The van der Waals surface area contributed by atoms with E-state index in [2.05, 4.69) is 47.5 Å². The zero-order valence-electron chi connectivity index (χ0n) is 22.2. The molecule has 0 aromatic heterocycles. The minimum atomic E-state index is -0.0860.